The van der Waals surface area contributed by atoms with E-state index in [4.69, 9.17) is 23.7 Å². The molecular formula is C38H31O5P. The van der Waals surface area contributed by atoms with Gasteiger partial charge in [0.25, 0.3) is 0 Å². The molecular weight excluding hydrogens is 567 g/mol. The molecule has 6 aromatic rings. The second-order valence-corrected chi connectivity index (χ2v) is 11.1. The first-order chi connectivity index (χ1) is 21.8. The number of para-hydroxylation sites is 4. The van der Waals surface area contributed by atoms with Crippen molar-refractivity contribution in [3.05, 3.63) is 152 Å². The van der Waals surface area contributed by atoms with Crippen LogP contribution < -0.4 is 29.6 Å². The fourth-order valence-electron chi connectivity index (χ4n) is 4.71. The van der Waals surface area contributed by atoms with Crippen LogP contribution in [0.25, 0.3) is 11.1 Å². The summed E-state index contributed by atoms with van der Waals surface area (Å²) in [4.78, 5) is 0. The van der Waals surface area contributed by atoms with Gasteiger partial charge in [0.1, 0.15) is 40.2 Å². The summed E-state index contributed by atoms with van der Waals surface area (Å²) in [6, 6.07) is 49.3. The molecule has 0 radical (unpaired) electrons. The summed E-state index contributed by atoms with van der Waals surface area (Å²) >= 11 is 0. The highest BCUT2D eigenvalue weighted by Gasteiger charge is 2.23. The van der Waals surface area contributed by atoms with Crippen molar-refractivity contribution in [3.8, 4) is 51.4 Å². The third-order valence-electron chi connectivity index (χ3n) is 6.67. The Hall–Kier alpha value is -5.09. The molecule has 5 nitrogen and oxygen atoms in total. The first kappa shape index (κ1) is 29.0. The Morgan fingerprint density at radius 2 is 0.841 bits per heavy atom. The fraction of sp³-hybridized carbons (Fsp3) is 0.0526. The van der Waals surface area contributed by atoms with E-state index in [1.165, 1.54) is 0 Å². The lowest BCUT2D eigenvalue weighted by atomic mass is 10.0. The molecule has 0 spiro atoms. The monoisotopic (exact) mass is 598 g/mol. The summed E-state index contributed by atoms with van der Waals surface area (Å²) in [6.07, 6.45) is 0. The van der Waals surface area contributed by atoms with Crippen molar-refractivity contribution in [2.45, 2.75) is 0 Å². The summed E-state index contributed by atoms with van der Waals surface area (Å²) in [5.41, 5.74) is 1.63. The van der Waals surface area contributed by atoms with E-state index in [0.29, 0.717) is 28.7 Å². The van der Waals surface area contributed by atoms with Gasteiger partial charge < -0.3 is 23.7 Å². The molecule has 6 rings (SSSR count). The third-order valence-corrected chi connectivity index (χ3v) is 8.03. The van der Waals surface area contributed by atoms with Gasteiger partial charge in [-0.3, -0.25) is 0 Å². The number of methoxy groups -OCH3 is 1. The van der Waals surface area contributed by atoms with E-state index in [1.807, 2.05) is 140 Å². The number of hydrogen-bond acceptors (Lipinski definition) is 5. The molecule has 0 fully saturated rings. The maximum atomic E-state index is 6.52. The van der Waals surface area contributed by atoms with E-state index in [0.717, 1.165) is 33.2 Å². The molecule has 0 aliphatic heterocycles. The van der Waals surface area contributed by atoms with E-state index in [-0.39, 0.29) is 15.4 Å². The predicted octanol–water partition coefficient (Wildman–Crippen LogP) is 9.34. The molecule has 0 amide bonds. The van der Waals surface area contributed by atoms with E-state index >= 15 is 0 Å². The average molecular weight is 599 g/mol. The number of rotatable bonds is 12. The molecule has 0 saturated heterocycles. The van der Waals surface area contributed by atoms with E-state index in [1.54, 1.807) is 7.11 Å². The minimum Gasteiger partial charge on any atom is -0.467 e. The van der Waals surface area contributed by atoms with Gasteiger partial charge in [-0.05, 0) is 66.0 Å². The minimum atomic E-state index is 0.0872. The van der Waals surface area contributed by atoms with E-state index in [9.17, 15) is 0 Å². The molecule has 1 unspecified atom stereocenters. The van der Waals surface area contributed by atoms with Gasteiger partial charge in [0.05, 0.1) is 5.56 Å². The maximum Gasteiger partial charge on any atom is 0.188 e. The lowest BCUT2D eigenvalue weighted by Crippen LogP contribution is -2.12. The van der Waals surface area contributed by atoms with Gasteiger partial charge in [-0.15, -0.1) is 0 Å². The SMILES string of the molecule is COCOc1cccc(Pc2ccccc2Oc2ccccc2)c1-c1c(Oc2ccccc2)cccc1Oc1ccccc1. The summed E-state index contributed by atoms with van der Waals surface area (Å²) in [6.45, 7) is 0.0872. The number of ether oxygens (including phenoxy) is 5. The zero-order valence-electron chi connectivity index (χ0n) is 24.2. The first-order valence-electron chi connectivity index (χ1n) is 14.2. The molecule has 0 N–H and O–H groups in total. The molecule has 0 aliphatic rings. The van der Waals surface area contributed by atoms with Crippen LogP contribution in [0.15, 0.2) is 152 Å². The van der Waals surface area contributed by atoms with Crippen LogP contribution in [-0.2, 0) is 4.74 Å². The van der Waals surface area contributed by atoms with Crippen molar-refractivity contribution in [2.75, 3.05) is 13.9 Å². The molecule has 0 heterocycles. The molecule has 6 heteroatoms. The van der Waals surface area contributed by atoms with Crippen molar-refractivity contribution in [1.29, 1.82) is 0 Å². The second-order valence-electron chi connectivity index (χ2n) is 9.73. The summed E-state index contributed by atoms with van der Waals surface area (Å²) in [5.74, 6) is 4.93. The fourth-order valence-corrected chi connectivity index (χ4v) is 5.99. The summed E-state index contributed by atoms with van der Waals surface area (Å²) in [7, 11) is 1.83. The molecule has 0 bridgehead atoms. The Morgan fingerprint density at radius 3 is 1.41 bits per heavy atom. The van der Waals surface area contributed by atoms with E-state index < -0.39 is 0 Å². The van der Waals surface area contributed by atoms with Crippen LogP contribution in [0.3, 0.4) is 0 Å². The van der Waals surface area contributed by atoms with Crippen molar-refractivity contribution in [1.82, 2.24) is 0 Å². The Balaban J connectivity index is 1.50. The summed E-state index contributed by atoms with van der Waals surface area (Å²) in [5, 5.41) is 2.08. The van der Waals surface area contributed by atoms with Gasteiger partial charge in [-0.25, -0.2) is 0 Å². The Kier molecular flexibility index (Phi) is 9.48. The molecule has 218 valence electrons. The van der Waals surface area contributed by atoms with Crippen molar-refractivity contribution >= 4 is 19.2 Å². The van der Waals surface area contributed by atoms with Gasteiger partial charge in [-0.1, -0.05) is 99.6 Å². The van der Waals surface area contributed by atoms with Crippen LogP contribution in [0.5, 0.6) is 40.2 Å². The van der Waals surface area contributed by atoms with Crippen LogP contribution in [0, 0.1) is 0 Å². The summed E-state index contributed by atoms with van der Waals surface area (Å²) < 4.78 is 30.9. The molecule has 6 aromatic carbocycles. The zero-order valence-corrected chi connectivity index (χ0v) is 25.2. The smallest absolute Gasteiger partial charge is 0.188 e. The zero-order chi connectivity index (χ0) is 30.0. The van der Waals surface area contributed by atoms with Crippen LogP contribution in [-0.4, -0.2) is 13.9 Å². The highest BCUT2D eigenvalue weighted by atomic mass is 31.1. The van der Waals surface area contributed by atoms with Gasteiger partial charge in [0, 0.05) is 18.0 Å². The second kappa shape index (κ2) is 14.4. The van der Waals surface area contributed by atoms with Gasteiger partial charge in [0.2, 0.25) is 0 Å². The molecule has 0 aromatic heterocycles. The van der Waals surface area contributed by atoms with Crippen molar-refractivity contribution < 1.29 is 23.7 Å². The average Bonchev–Trinajstić information content (AvgIpc) is 3.07. The topological polar surface area (TPSA) is 46.2 Å². The molecule has 44 heavy (non-hydrogen) atoms. The van der Waals surface area contributed by atoms with Gasteiger partial charge >= 0.3 is 0 Å². The highest BCUT2D eigenvalue weighted by Crippen LogP contribution is 2.46. The predicted molar refractivity (Wildman–Crippen MR) is 178 cm³/mol. The minimum absolute atomic E-state index is 0.0872. The third kappa shape index (κ3) is 7.09. The molecule has 0 aliphatic carbocycles. The molecule has 0 saturated carbocycles. The highest BCUT2D eigenvalue weighted by molar-refractivity contribution is 7.56. The first-order valence-corrected chi connectivity index (χ1v) is 15.2. The van der Waals surface area contributed by atoms with Gasteiger partial charge in [-0.2, -0.15) is 0 Å². The van der Waals surface area contributed by atoms with Crippen molar-refractivity contribution in [2.24, 2.45) is 0 Å². The Bertz CT molecular complexity index is 1730. The lowest BCUT2D eigenvalue weighted by Gasteiger charge is -2.22. The Labute approximate surface area is 259 Å². The van der Waals surface area contributed by atoms with Crippen LogP contribution in [0.2, 0.25) is 0 Å². The maximum absolute atomic E-state index is 6.52. The quantitative estimate of drug-likeness (QED) is 0.104. The standard InChI is InChI=1S/C38H31O5P/c1-39-27-40-32-22-14-26-36(44-35-25-12-11-21-31(35)41-28-15-5-2-6-16-28)38(32)37-33(42-29-17-7-3-8-18-29)23-13-24-34(37)43-30-19-9-4-10-20-30/h2-26,44H,27H2,1H3. The lowest BCUT2D eigenvalue weighted by molar-refractivity contribution is 0.0516. The van der Waals surface area contributed by atoms with Crippen LogP contribution in [0.1, 0.15) is 0 Å². The van der Waals surface area contributed by atoms with E-state index in [2.05, 4.69) is 12.1 Å². The van der Waals surface area contributed by atoms with Gasteiger partial charge in [0.15, 0.2) is 6.79 Å². The number of benzene rings is 6. The van der Waals surface area contributed by atoms with Crippen molar-refractivity contribution in [3.63, 3.8) is 0 Å². The number of hydrogen-bond donors (Lipinski definition) is 0. The largest absolute Gasteiger partial charge is 0.467 e. The Morgan fingerprint density at radius 1 is 0.409 bits per heavy atom. The normalized spacial score (nSPS) is 10.9. The molecule has 1 atom stereocenters. The van der Waals surface area contributed by atoms with Crippen LogP contribution >= 0.6 is 8.58 Å². The van der Waals surface area contributed by atoms with Crippen LogP contribution in [0.4, 0.5) is 0 Å².